The maximum absolute atomic E-state index is 13.4. The number of benzene rings is 2. The standard InChI is InChI=1S/C28H28FN3O2.C2H6/c1-5-9-22(6-2)28(33)32-27-17-24(14-15-30-27)34-26-13-8-12-25(19(26)3)20(4)31-18-21-10-7-11-23(29)16-21;1-2/h6-17,31H,2,4-5,18H2,1,3H3,(H,30,32,33);1-2H3/b22-9+;. The van der Waals surface area contributed by atoms with E-state index in [4.69, 9.17) is 4.74 Å². The second-order valence-corrected chi connectivity index (χ2v) is 7.60. The molecule has 3 aromatic rings. The second-order valence-electron chi connectivity index (χ2n) is 7.60. The molecule has 1 heterocycles. The average Bonchev–Trinajstić information content (AvgIpc) is 2.88. The number of rotatable bonds is 10. The maximum Gasteiger partial charge on any atom is 0.256 e. The first-order chi connectivity index (χ1) is 17.4. The van der Waals surface area contributed by atoms with E-state index in [1.54, 1.807) is 30.5 Å². The zero-order chi connectivity index (χ0) is 26.5. The Labute approximate surface area is 213 Å². The first-order valence-electron chi connectivity index (χ1n) is 12.0. The third-order valence-corrected chi connectivity index (χ3v) is 5.11. The third-order valence-electron chi connectivity index (χ3n) is 5.11. The normalized spacial score (nSPS) is 10.5. The number of amides is 1. The minimum atomic E-state index is -0.277. The number of pyridine rings is 1. The minimum absolute atomic E-state index is 0.272. The minimum Gasteiger partial charge on any atom is -0.457 e. The summed E-state index contributed by atoms with van der Waals surface area (Å²) in [4.78, 5) is 16.6. The lowest BCUT2D eigenvalue weighted by Crippen LogP contribution is -2.14. The number of anilines is 1. The van der Waals surface area contributed by atoms with Gasteiger partial charge in [0, 0.05) is 41.2 Å². The third kappa shape index (κ3) is 7.94. The zero-order valence-electron chi connectivity index (χ0n) is 21.4. The zero-order valence-corrected chi connectivity index (χ0v) is 21.4. The van der Waals surface area contributed by atoms with Gasteiger partial charge in [-0.15, -0.1) is 0 Å². The van der Waals surface area contributed by atoms with Crippen LogP contribution in [0, 0.1) is 12.7 Å². The van der Waals surface area contributed by atoms with Gasteiger partial charge >= 0.3 is 0 Å². The molecule has 36 heavy (non-hydrogen) atoms. The molecule has 0 fully saturated rings. The predicted molar refractivity (Wildman–Crippen MR) is 146 cm³/mol. The molecular formula is C30H34FN3O2. The Morgan fingerprint density at radius 1 is 1.14 bits per heavy atom. The van der Waals surface area contributed by atoms with Gasteiger partial charge in [0.05, 0.1) is 0 Å². The Balaban J connectivity index is 0.00000222. The van der Waals surface area contributed by atoms with Crippen LogP contribution in [0.25, 0.3) is 5.70 Å². The Hall–Kier alpha value is -4.19. The predicted octanol–water partition coefficient (Wildman–Crippen LogP) is 7.57. The van der Waals surface area contributed by atoms with Crippen LogP contribution in [0.1, 0.15) is 43.9 Å². The van der Waals surface area contributed by atoms with E-state index in [9.17, 15) is 9.18 Å². The number of carbonyl (C=O) groups excluding carboxylic acids is 1. The number of nitrogens with zero attached hydrogens (tertiary/aromatic N) is 1. The van der Waals surface area contributed by atoms with Crippen molar-refractivity contribution in [2.24, 2.45) is 0 Å². The molecule has 2 N–H and O–H groups in total. The van der Waals surface area contributed by atoms with E-state index in [1.165, 1.54) is 18.2 Å². The van der Waals surface area contributed by atoms with Crippen molar-refractivity contribution in [3.8, 4) is 11.5 Å². The first-order valence-corrected chi connectivity index (χ1v) is 12.0. The number of halogens is 1. The lowest BCUT2D eigenvalue weighted by Gasteiger charge is -2.16. The van der Waals surface area contributed by atoms with E-state index >= 15 is 0 Å². The van der Waals surface area contributed by atoms with E-state index in [2.05, 4.69) is 28.8 Å². The van der Waals surface area contributed by atoms with Crippen LogP contribution >= 0.6 is 0 Å². The monoisotopic (exact) mass is 487 g/mol. The van der Waals surface area contributed by atoms with E-state index < -0.39 is 0 Å². The molecule has 188 valence electrons. The highest BCUT2D eigenvalue weighted by atomic mass is 19.1. The van der Waals surface area contributed by atoms with Crippen LogP contribution in [0.4, 0.5) is 10.2 Å². The van der Waals surface area contributed by atoms with Crippen molar-refractivity contribution in [1.29, 1.82) is 0 Å². The van der Waals surface area contributed by atoms with Crippen molar-refractivity contribution < 1.29 is 13.9 Å². The molecule has 1 aromatic heterocycles. The fourth-order valence-electron chi connectivity index (χ4n) is 3.35. The van der Waals surface area contributed by atoms with Crippen LogP contribution in [0.2, 0.25) is 0 Å². The molecule has 5 nitrogen and oxygen atoms in total. The molecule has 0 aliphatic carbocycles. The van der Waals surface area contributed by atoms with Gasteiger partial charge in [0.25, 0.3) is 5.91 Å². The summed E-state index contributed by atoms with van der Waals surface area (Å²) in [5.74, 6) is 1.00. The molecule has 1 amide bonds. The first kappa shape index (κ1) is 28.1. The van der Waals surface area contributed by atoms with E-state index in [1.807, 2.05) is 52.0 Å². The molecule has 0 aliphatic heterocycles. The molecule has 3 rings (SSSR count). The number of hydrogen-bond donors (Lipinski definition) is 2. The van der Waals surface area contributed by atoms with Gasteiger partial charge in [-0.2, -0.15) is 0 Å². The summed E-state index contributed by atoms with van der Waals surface area (Å²) in [5.41, 5.74) is 3.79. The van der Waals surface area contributed by atoms with Crippen LogP contribution in [-0.4, -0.2) is 10.9 Å². The van der Waals surface area contributed by atoms with Crippen LogP contribution in [-0.2, 0) is 11.3 Å². The number of allylic oxidation sites excluding steroid dienone is 1. The van der Waals surface area contributed by atoms with Gasteiger partial charge in [0.15, 0.2) is 0 Å². The van der Waals surface area contributed by atoms with Crippen LogP contribution in [0.15, 0.2) is 91.7 Å². The summed E-state index contributed by atoms with van der Waals surface area (Å²) in [6.07, 6.45) is 5.61. The number of aromatic nitrogens is 1. The SMILES string of the molecule is C=C/C(=C\CC)C(=O)Nc1cc(Oc2cccc(C(=C)NCc3cccc(F)c3)c2C)ccn1.CC. The summed E-state index contributed by atoms with van der Waals surface area (Å²) in [6.45, 7) is 16.1. The van der Waals surface area contributed by atoms with Gasteiger partial charge in [-0.05, 0) is 43.2 Å². The van der Waals surface area contributed by atoms with Crippen molar-refractivity contribution in [2.75, 3.05) is 5.32 Å². The van der Waals surface area contributed by atoms with E-state index in [-0.39, 0.29) is 11.7 Å². The quantitative estimate of drug-likeness (QED) is 0.229. The smallest absolute Gasteiger partial charge is 0.256 e. The highest BCUT2D eigenvalue weighted by molar-refractivity contribution is 6.05. The molecule has 0 spiro atoms. The Morgan fingerprint density at radius 3 is 2.58 bits per heavy atom. The molecule has 2 aromatic carbocycles. The Bertz CT molecular complexity index is 1230. The molecule has 0 aliphatic rings. The van der Waals surface area contributed by atoms with Crippen molar-refractivity contribution in [3.63, 3.8) is 0 Å². The topological polar surface area (TPSA) is 63.2 Å². The summed E-state index contributed by atoms with van der Waals surface area (Å²) < 4.78 is 19.5. The molecule has 0 saturated carbocycles. The Morgan fingerprint density at radius 2 is 1.89 bits per heavy atom. The molecule has 0 radical (unpaired) electrons. The van der Waals surface area contributed by atoms with Crippen LogP contribution in [0.5, 0.6) is 11.5 Å². The fourth-order valence-corrected chi connectivity index (χ4v) is 3.35. The van der Waals surface area contributed by atoms with Crippen molar-refractivity contribution in [1.82, 2.24) is 10.3 Å². The lowest BCUT2D eigenvalue weighted by atomic mass is 10.0. The average molecular weight is 488 g/mol. The van der Waals surface area contributed by atoms with Gasteiger partial charge in [-0.1, -0.05) is 70.3 Å². The summed E-state index contributed by atoms with van der Waals surface area (Å²) in [7, 11) is 0. The summed E-state index contributed by atoms with van der Waals surface area (Å²) >= 11 is 0. The number of nitrogens with one attached hydrogen (secondary N) is 2. The molecule has 0 bridgehead atoms. The summed E-state index contributed by atoms with van der Waals surface area (Å²) in [5, 5.41) is 6.01. The van der Waals surface area contributed by atoms with Gasteiger partial charge < -0.3 is 15.4 Å². The number of ether oxygens (including phenoxy) is 1. The van der Waals surface area contributed by atoms with Crippen LogP contribution in [0.3, 0.4) is 0 Å². The molecular weight excluding hydrogens is 453 g/mol. The number of carbonyl (C=O) groups is 1. The van der Waals surface area contributed by atoms with Gasteiger partial charge in [-0.3, -0.25) is 4.79 Å². The molecule has 0 atom stereocenters. The van der Waals surface area contributed by atoms with Gasteiger partial charge in [0.2, 0.25) is 0 Å². The number of hydrogen-bond acceptors (Lipinski definition) is 4. The maximum atomic E-state index is 13.4. The summed E-state index contributed by atoms with van der Waals surface area (Å²) in [6, 6.07) is 15.5. The van der Waals surface area contributed by atoms with Crippen molar-refractivity contribution >= 4 is 17.4 Å². The van der Waals surface area contributed by atoms with Gasteiger partial charge in [0.1, 0.15) is 23.1 Å². The molecule has 0 saturated heterocycles. The van der Waals surface area contributed by atoms with E-state index in [0.717, 1.165) is 23.1 Å². The van der Waals surface area contributed by atoms with Crippen LogP contribution < -0.4 is 15.4 Å². The van der Waals surface area contributed by atoms with Crippen molar-refractivity contribution in [2.45, 2.75) is 40.7 Å². The molecule has 0 unspecified atom stereocenters. The molecule has 6 heteroatoms. The fraction of sp³-hybridized carbons (Fsp3) is 0.200. The highest BCUT2D eigenvalue weighted by Gasteiger charge is 2.11. The second kappa shape index (κ2) is 14.3. The Kier molecular flexibility index (Phi) is 11.1. The highest BCUT2D eigenvalue weighted by Crippen LogP contribution is 2.30. The van der Waals surface area contributed by atoms with E-state index in [0.29, 0.717) is 35.1 Å². The van der Waals surface area contributed by atoms with Crippen molar-refractivity contribution in [3.05, 3.63) is 114 Å². The largest absolute Gasteiger partial charge is 0.457 e. The lowest BCUT2D eigenvalue weighted by molar-refractivity contribution is -0.112. The van der Waals surface area contributed by atoms with Gasteiger partial charge in [-0.25, -0.2) is 9.37 Å².